The summed E-state index contributed by atoms with van der Waals surface area (Å²) in [6.07, 6.45) is 3.74. The van der Waals surface area contributed by atoms with Gasteiger partial charge >= 0.3 is 0 Å². The standard InChI is InChI=1S/C21H23IN2O3S/c1-27-15-19-3-2-11-24(19)28(25,26)20-8-9-21-17(13-20)10-12-23(21)14-16-4-6-18(22)7-5-16/h4-10,12-13,19H,2-3,11,14-15H2,1H3. The van der Waals surface area contributed by atoms with Crippen LogP contribution in [0.1, 0.15) is 18.4 Å². The summed E-state index contributed by atoms with van der Waals surface area (Å²) < 4.78 is 36.5. The third kappa shape index (κ3) is 3.85. The highest BCUT2D eigenvalue weighted by molar-refractivity contribution is 14.1. The molecule has 7 heteroatoms. The fourth-order valence-corrected chi connectivity index (χ4v) is 5.96. The number of benzene rings is 2. The molecule has 1 unspecified atom stereocenters. The minimum Gasteiger partial charge on any atom is -0.383 e. The Morgan fingerprint density at radius 1 is 1.14 bits per heavy atom. The molecule has 0 aliphatic carbocycles. The molecule has 148 valence electrons. The molecule has 5 nitrogen and oxygen atoms in total. The minimum absolute atomic E-state index is 0.0730. The van der Waals surface area contributed by atoms with Crippen LogP contribution in [0, 0.1) is 3.57 Å². The molecule has 1 atom stereocenters. The number of sulfonamides is 1. The average Bonchev–Trinajstić information content (AvgIpc) is 3.31. The molecule has 1 saturated heterocycles. The largest absolute Gasteiger partial charge is 0.383 e. The number of methoxy groups -OCH3 is 1. The van der Waals surface area contributed by atoms with Gasteiger partial charge in [0.05, 0.1) is 11.5 Å². The quantitative estimate of drug-likeness (QED) is 0.470. The zero-order valence-electron chi connectivity index (χ0n) is 15.7. The Morgan fingerprint density at radius 3 is 2.68 bits per heavy atom. The molecule has 1 fully saturated rings. The van der Waals surface area contributed by atoms with Crippen LogP contribution in [0.5, 0.6) is 0 Å². The molecule has 3 aromatic rings. The van der Waals surface area contributed by atoms with Crippen molar-refractivity contribution in [3.8, 4) is 0 Å². The molecule has 0 amide bonds. The van der Waals surface area contributed by atoms with Crippen LogP contribution in [0.25, 0.3) is 10.9 Å². The van der Waals surface area contributed by atoms with Crippen LogP contribution in [0.3, 0.4) is 0 Å². The molecule has 4 rings (SSSR count). The van der Waals surface area contributed by atoms with Crippen LogP contribution in [-0.2, 0) is 21.3 Å². The van der Waals surface area contributed by atoms with Crippen LogP contribution >= 0.6 is 22.6 Å². The molecule has 0 radical (unpaired) electrons. The maximum Gasteiger partial charge on any atom is 0.243 e. The number of hydrogen-bond acceptors (Lipinski definition) is 3. The van der Waals surface area contributed by atoms with Crippen molar-refractivity contribution >= 4 is 43.5 Å². The number of nitrogens with zero attached hydrogens (tertiary/aromatic N) is 2. The molecular weight excluding hydrogens is 487 g/mol. The summed E-state index contributed by atoms with van der Waals surface area (Å²) in [6, 6.07) is 15.8. The zero-order valence-corrected chi connectivity index (χ0v) is 18.7. The maximum atomic E-state index is 13.2. The summed E-state index contributed by atoms with van der Waals surface area (Å²) in [5, 5.41) is 0.939. The molecule has 1 aromatic heterocycles. The molecule has 0 bridgehead atoms. The second-order valence-corrected chi connectivity index (χ2v) is 10.3. The van der Waals surface area contributed by atoms with E-state index >= 15 is 0 Å². The number of ether oxygens (including phenoxy) is 1. The Morgan fingerprint density at radius 2 is 1.93 bits per heavy atom. The van der Waals surface area contributed by atoms with E-state index in [1.54, 1.807) is 23.5 Å². The van der Waals surface area contributed by atoms with Crippen molar-refractivity contribution < 1.29 is 13.2 Å². The van der Waals surface area contributed by atoms with Crippen LogP contribution in [-0.4, -0.2) is 43.6 Å². The van der Waals surface area contributed by atoms with E-state index in [2.05, 4.69) is 51.4 Å². The van der Waals surface area contributed by atoms with Gasteiger partial charge in [-0.3, -0.25) is 0 Å². The summed E-state index contributed by atoms with van der Waals surface area (Å²) >= 11 is 2.30. The lowest BCUT2D eigenvalue weighted by Gasteiger charge is -2.23. The van der Waals surface area contributed by atoms with Crippen molar-refractivity contribution in [1.29, 1.82) is 0 Å². The third-order valence-electron chi connectivity index (χ3n) is 5.30. The van der Waals surface area contributed by atoms with Crippen molar-refractivity contribution in [3.63, 3.8) is 0 Å². The molecule has 1 aliphatic heterocycles. The van der Waals surface area contributed by atoms with Crippen molar-refractivity contribution in [3.05, 3.63) is 63.9 Å². The topological polar surface area (TPSA) is 51.5 Å². The zero-order chi connectivity index (χ0) is 19.7. The fraction of sp³-hybridized carbons (Fsp3) is 0.333. The monoisotopic (exact) mass is 510 g/mol. The maximum absolute atomic E-state index is 13.2. The van der Waals surface area contributed by atoms with Crippen LogP contribution in [0.2, 0.25) is 0 Å². The van der Waals surface area contributed by atoms with E-state index in [9.17, 15) is 8.42 Å². The lowest BCUT2D eigenvalue weighted by atomic mass is 10.2. The molecular formula is C21H23IN2O3S. The van der Waals surface area contributed by atoms with E-state index in [4.69, 9.17) is 4.74 Å². The molecule has 28 heavy (non-hydrogen) atoms. The summed E-state index contributed by atoms with van der Waals surface area (Å²) in [5.74, 6) is 0. The Balaban J connectivity index is 1.62. The van der Waals surface area contributed by atoms with E-state index in [1.807, 2.05) is 18.3 Å². The van der Waals surface area contributed by atoms with Gasteiger partial charge in [-0.15, -0.1) is 0 Å². The number of hydrogen-bond donors (Lipinski definition) is 0. The Bertz CT molecular complexity index is 1080. The van der Waals surface area contributed by atoms with E-state index < -0.39 is 10.0 Å². The number of rotatable bonds is 6. The smallest absolute Gasteiger partial charge is 0.243 e. The predicted octanol–water partition coefficient (Wildman–Crippen LogP) is 4.09. The molecule has 2 aromatic carbocycles. The predicted molar refractivity (Wildman–Crippen MR) is 119 cm³/mol. The highest BCUT2D eigenvalue weighted by atomic mass is 127. The van der Waals surface area contributed by atoms with Crippen molar-refractivity contribution in [1.82, 2.24) is 8.87 Å². The van der Waals surface area contributed by atoms with E-state index in [0.29, 0.717) is 18.0 Å². The highest BCUT2D eigenvalue weighted by Crippen LogP contribution is 2.29. The van der Waals surface area contributed by atoms with E-state index in [-0.39, 0.29) is 6.04 Å². The number of fused-ring (bicyclic) bond motifs is 1. The van der Waals surface area contributed by atoms with Crippen LogP contribution in [0.4, 0.5) is 0 Å². The van der Waals surface area contributed by atoms with Gasteiger partial charge < -0.3 is 9.30 Å². The number of aromatic nitrogens is 1. The van der Waals surface area contributed by atoms with Gasteiger partial charge in [-0.1, -0.05) is 12.1 Å². The summed E-state index contributed by atoms with van der Waals surface area (Å²) in [7, 11) is -1.90. The summed E-state index contributed by atoms with van der Waals surface area (Å²) in [5.41, 5.74) is 2.25. The van der Waals surface area contributed by atoms with Crippen LogP contribution < -0.4 is 0 Å². The summed E-state index contributed by atoms with van der Waals surface area (Å²) in [6.45, 7) is 1.75. The second kappa shape index (κ2) is 8.14. The first kappa shape index (κ1) is 19.9. The number of halogens is 1. The van der Waals surface area contributed by atoms with Crippen molar-refractivity contribution in [2.24, 2.45) is 0 Å². The van der Waals surface area contributed by atoms with Gasteiger partial charge in [0, 0.05) is 46.9 Å². The minimum atomic E-state index is -3.51. The first-order chi connectivity index (χ1) is 13.5. The van der Waals surface area contributed by atoms with Gasteiger partial charge in [-0.05, 0) is 77.4 Å². The van der Waals surface area contributed by atoms with Gasteiger partial charge in [0.25, 0.3) is 0 Å². The molecule has 0 N–H and O–H groups in total. The van der Waals surface area contributed by atoms with E-state index in [0.717, 1.165) is 30.3 Å². The Kier molecular flexibility index (Phi) is 5.78. The second-order valence-electron chi connectivity index (χ2n) is 7.16. The first-order valence-corrected chi connectivity index (χ1v) is 11.8. The summed E-state index contributed by atoms with van der Waals surface area (Å²) in [4.78, 5) is 0.356. The molecule has 2 heterocycles. The van der Waals surface area contributed by atoms with Crippen molar-refractivity contribution in [2.75, 3.05) is 20.3 Å². The SMILES string of the molecule is COCC1CCCN1S(=O)(=O)c1ccc2c(ccn2Cc2ccc(I)cc2)c1. The van der Waals surface area contributed by atoms with Crippen molar-refractivity contribution in [2.45, 2.75) is 30.3 Å². The van der Waals surface area contributed by atoms with E-state index in [1.165, 1.54) is 9.13 Å². The molecule has 0 spiro atoms. The van der Waals surface area contributed by atoms with Gasteiger partial charge in [0.1, 0.15) is 0 Å². The van der Waals surface area contributed by atoms with Crippen LogP contribution in [0.15, 0.2) is 59.6 Å². The molecule has 0 saturated carbocycles. The Hall–Kier alpha value is -1.42. The molecule has 1 aliphatic rings. The van der Waals surface area contributed by atoms with Gasteiger partial charge in [-0.2, -0.15) is 4.31 Å². The lowest BCUT2D eigenvalue weighted by Crippen LogP contribution is -2.38. The van der Waals surface area contributed by atoms with Gasteiger partial charge in [0.15, 0.2) is 0 Å². The fourth-order valence-electron chi connectivity index (χ4n) is 3.88. The van der Waals surface area contributed by atoms with Gasteiger partial charge in [-0.25, -0.2) is 8.42 Å². The normalized spacial score (nSPS) is 18.1. The first-order valence-electron chi connectivity index (χ1n) is 9.33. The lowest BCUT2D eigenvalue weighted by molar-refractivity contribution is 0.149. The highest BCUT2D eigenvalue weighted by Gasteiger charge is 2.35. The Labute approximate surface area is 179 Å². The third-order valence-corrected chi connectivity index (χ3v) is 7.96. The van der Waals surface area contributed by atoms with Gasteiger partial charge in [0.2, 0.25) is 10.0 Å². The average molecular weight is 510 g/mol.